The normalized spacial score (nSPS) is 14.8. The molecule has 1 saturated heterocycles. The maximum Gasteiger partial charge on any atom is 0.234 e. The molecular weight excluding hydrogens is 358 g/mol. The summed E-state index contributed by atoms with van der Waals surface area (Å²) in [6.07, 6.45) is 6.64. The minimum atomic E-state index is -0.0470. The molecule has 0 atom stereocenters. The molecule has 1 aliphatic rings. The van der Waals surface area contributed by atoms with Gasteiger partial charge in [0.15, 0.2) is 5.16 Å². The molecule has 1 fully saturated rings. The van der Waals surface area contributed by atoms with Gasteiger partial charge >= 0.3 is 0 Å². The van der Waals surface area contributed by atoms with Crippen LogP contribution < -0.4 is 5.32 Å². The largest absolute Gasteiger partial charge is 0.325 e. The number of benzene rings is 1. The van der Waals surface area contributed by atoms with Crippen molar-refractivity contribution in [1.82, 2.24) is 19.7 Å². The Hall–Kier alpha value is -2.12. The summed E-state index contributed by atoms with van der Waals surface area (Å²) >= 11 is 1.41. The topological polar surface area (TPSA) is 63.1 Å². The summed E-state index contributed by atoms with van der Waals surface area (Å²) < 4.78 is 2.07. The molecule has 7 heteroatoms. The van der Waals surface area contributed by atoms with Crippen LogP contribution in [-0.4, -0.2) is 51.0 Å². The van der Waals surface area contributed by atoms with Crippen LogP contribution in [0.4, 0.5) is 5.69 Å². The number of thioether (sulfide) groups is 1. The zero-order chi connectivity index (χ0) is 18.9. The minimum Gasteiger partial charge on any atom is -0.325 e. The fourth-order valence-electron chi connectivity index (χ4n) is 3.21. The molecule has 1 aromatic carbocycles. The van der Waals surface area contributed by atoms with Crippen molar-refractivity contribution in [3.8, 4) is 0 Å². The molecule has 1 aliphatic heterocycles. The molecule has 0 saturated carbocycles. The number of aromatic nitrogens is 3. The minimum absolute atomic E-state index is 0.0470. The molecule has 0 bridgehead atoms. The number of amides is 1. The smallest absolute Gasteiger partial charge is 0.234 e. The predicted molar refractivity (Wildman–Crippen MR) is 110 cm³/mol. The third-order valence-corrected chi connectivity index (χ3v) is 5.56. The van der Waals surface area contributed by atoms with E-state index in [1.807, 2.05) is 36.4 Å². The highest BCUT2D eigenvalue weighted by atomic mass is 32.2. The van der Waals surface area contributed by atoms with Crippen molar-refractivity contribution in [3.05, 3.63) is 48.8 Å². The van der Waals surface area contributed by atoms with Crippen LogP contribution in [0.2, 0.25) is 0 Å². The van der Waals surface area contributed by atoms with Crippen molar-refractivity contribution < 1.29 is 4.79 Å². The van der Waals surface area contributed by atoms with Gasteiger partial charge in [0, 0.05) is 25.2 Å². The number of rotatable bonds is 9. The lowest BCUT2D eigenvalue weighted by Gasteiger charge is -2.26. The monoisotopic (exact) mass is 385 g/mol. The second kappa shape index (κ2) is 10.3. The molecule has 3 rings (SSSR count). The number of para-hydroxylation sites is 1. The fourth-order valence-corrected chi connectivity index (χ4v) is 3.98. The highest BCUT2D eigenvalue weighted by molar-refractivity contribution is 7.99. The lowest BCUT2D eigenvalue weighted by Crippen LogP contribution is -2.32. The summed E-state index contributed by atoms with van der Waals surface area (Å²) in [6, 6.07) is 9.48. The Bertz CT molecular complexity index is 740. The third kappa shape index (κ3) is 5.94. The van der Waals surface area contributed by atoms with E-state index >= 15 is 0 Å². The molecule has 2 heterocycles. The first-order valence-electron chi connectivity index (χ1n) is 9.49. The van der Waals surface area contributed by atoms with E-state index in [9.17, 15) is 4.79 Å². The number of piperidine rings is 1. The number of hydrogen-bond acceptors (Lipinski definition) is 5. The van der Waals surface area contributed by atoms with Gasteiger partial charge in [0.2, 0.25) is 5.91 Å². The first-order chi connectivity index (χ1) is 13.3. The average Bonchev–Trinajstić information content (AvgIpc) is 3.08. The van der Waals surface area contributed by atoms with E-state index in [2.05, 4.69) is 31.6 Å². The SMILES string of the molecule is C=CCn1c(CCN2CCCCC2)nnc1SCC(=O)Nc1ccccc1. The van der Waals surface area contributed by atoms with Crippen molar-refractivity contribution in [2.75, 3.05) is 30.7 Å². The highest BCUT2D eigenvalue weighted by Gasteiger charge is 2.16. The van der Waals surface area contributed by atoms with Gasteiger partial charge in [-0.05, 0) is 38.1 Å². The number of nitrogens with zero attached hydrogens (tertiary/aromatic N) is 4. The number of anilines is 1. The van der Waals surface area contributed by atoms with E-state index in [0.717, 1.165) is 29.6 Å². The van der Waals surface area contributed by atoms with Gasteiger partial charge in [0.05, 0.1) is 5.75 Å². The lowest BCUT2D eigenvalue weighted by molar-refractivity contribution is -0.113. The van der Waals surface area contributed by atoms with E-state index in [0.29, 0.717) is 12.3 Å². The van der Waals surface area contributed by atoms with Crippen LogP contribution in [0.3, 0.4) is 0 Å². The molecular formula is C20H27N5OS. The maximum absolute atomic E-state index is 12.2. The van der Waals surface area contributed by atoms with Gasteiger partial charge in [-0.2, -0.15) is 0 Å². The van der Waals surface area contributed by atoms with Gasteiger partial charge < -0.3 is 14.8 Å². The summed E-state index contributed by atoms with van der Waals surface area (Å²) in [7, 11) is 0. The molecule has 27 heavy (non-hydrogen) atoms. The van der Waals surface area contributed by atoms with Gasteiger partial charge in [0.1, 0.15) is 5.82 Å². The van der Waals surface area contributed by atoms with Crippen molar-refractivity contribution in [3.63, 3.8) is 0 Å². The first-order valence-corrected chi connectivity index (χ1v) is 10.5. The molecule has 144 valence electrons. The molecule has 1 aromatic heterocycles. The molecule has 1 amide bonds. The Morgan fingerprint density at radius 1 is 1.19 bits per heavy atom. The van der Waals surface area contributed by atoms with E-state index in [1.54, 1.807) is 0 Å². The average molecular weight is 386 g/mol. The van der Waals surface area contributed by atoms with Crippen LogP contribution >= 0.6 is 11.8 Å². The number of carbonyl (C=O) groups is 1. The van der Waals surface area contributed by atoms with E-state index in [4.69, 9.17) is 0 Å². The molecule has 1 N–H and O–H groups in total. The van der Waals surface area contributed by atoms with Crippen LogP contribution in [0.1, 0.15) is 25.1 Å². The highest BCUT2D eigenvalue weighted by Crippen LogP contribution is 2.19. The number of carbonyl (C=O) groups excluding carboxylic acids is 1. The van der Waals surface area contributed by atoms with Crippen LogP contribution in [0.25, 0.3) is 0 Å². The fraction of sp³-hybridized carbons (Fsp3) is 0.450. The zero-order valence-electron chi connectivity index (χ0n) is 15.6. The molecule has 2 aromatic rings. The van der Waals surface area contributed by atoms with Crippen molar-refractivity contribution in [2.45, 2.75) is 37.4 Å². The number of hydrogen-bond donors (Lipinski definition) is 1. The quantitative estimate of drug-likeness (QED) is 0.530. The third-order valence-electron chi connectivity index (χ3n) is 4.60. The van der Waals surface area contributed by atoms with Crippen LogP contribution in [0.5, 0.6) is 0 Å². The van der Waals surface area contributed by atoms with Gasteiger partial charge in [0.25, 0.3) is 0 Å². The van der Waals surface area contributed by atoms with E-state index in [1.165, 1.54) is 44.1 Å². The van der Waals surface area contributed by atoms with Crippen LogP contribution in [0.15, 0.2) is 48.1 Å². The van der Waals surface area contributed by atoms with Crippen molar-refractivity contribution >= 4 is 23.4 Å². The van der Waals surface area contributed by atoms with Gasteiger partial charge in [-0.25, -0.2) is 0 Å². The summed E-state index contributed by atoms with van der Waals surface area (Å²) in [5.41, 5.74) is 0.804. The summed E-state index contributed by atoms with van der Waals surface area (Å²) in [6.45, 7) is 7.86. The Morgan fingerprint density at radius 2 is 1.96 bits per heavy atom. The molecule has 0 radical (unpaired) electrons. The number of nitrogens with one attached hydrogen (secondary N) is 1. The van der Waals surface area contributed by atoms with E-state index < -0.39 is 0 Å². The van der Waals surface area contributed by atoms with Gasteiger partial charge in [-0.1, -0.05) is 42.5 Å². The van der Waals surface area contributed by atoms with Gasteiger partial charge in [-0.3, -0.25) is 4.79 Å². The summed E-state index contributed by atoms with van der Waals surface area (Å²) in [5.74, 6) is 1.22. The lowest BCUT2D eigenvalue weighted by atomic mass is 10.1. The number of allylic oxidation sites excluding steroid dienone is 1. The second-order valence-corrected chi connectivity index (χ2v) is 7.60. The summed E-state index contributed by atoms with van der Waals surface area (Å²) in [4.78, 5) is 14.7. The molecule has 6 nitrogen and oxygen atoms in total. The standard InChI is InChI=1S/C20H27N5OS/c1-2-12-25-18(11-15-24-13-7-4-8-14-24)22-23-20(25)27-16-19(26)21-17-9-5-3-6-10-17/h2-3,5-6,9-10H,1,4,7-8,11-16H2,(H,21,26). The Morgan fingerprint density at radius 3 is 2.70 bits per heavy atom. The Labute approximate surface area is 165 Å². The van der Waals surface area contributed by atoms with Crippen LogP contribution in [-0.2, 0) is 17.8 Å². The van der Waals surface area contributed by atoms with Crippen LogP contribution in [0, 0.1) is 0 Å². The first kappa shape index (κ1) is 19.6. The Kier molecular flexibility index (Phi) is 7.47. The maximum atomic E-state index is 12.2. The molecule has 0 aliphatic carbocycles. The van der Waals surface area contributed by atoms with Crippen molar-refractivity contribution in [2.24, 2.45) is 0 Å². The number of likely N-dealkylation sites (tertiary alicyclic amines) is 1. The molecule has 0 unspecified atom stereocenters. The zero-order valence-corrected chi connectivity index (χ0v) is 16.5. The molecule has 0 spiro atoms. The summed E-state index contributed by atoms with van der Waals surface area (Å²) in [5, 5.41) is 12.3. The predicted octanol–water partition coefficient (Wildman–Crippen LogP) is 3.22. The van der Waals surface area contributed by atoms with Crippen molar-refractivity contribution in [1.29, 1.82) is 0 Å². The second-order valence-electron chi connectivity index (χ2n) is 6.65. The Balaban J connectivity index is 1.55. The van der Waals surface area contributed by atoms with Gasteiger partial charge in [-0.15, -0.1) is 16.8 Å². The van der Waals surface area contributed by atoms with E-state index in [-0.39, 0.29) is 5.91 Å².